The van der Waals surface area contributed by atoms with Crippen LogP contribution in [-0.2, 0) is 0 Å². The fraction of sp³-hybridized carbons (Fsp3) is 0. The quantitative estimate of drug-likeness (QED) is 0.653. The summed E-state index contributed by atoms with van der Waals surface area (Å²) >= 11 is 7.16. The van der Waals surface area contributed by atoms with E-state index >= 15 is 0 Å². The van der Waals surface area contributed by atoms with Gasteiger partial charge in [-0.15, -0.1) is 0 Å². The second-order valence-electron chi connectivity index (χ2n) is 4.37. The number of hydrogen-bond donors (Lipinski definition) is 3. The summed E-state index contributed by atoms with van der Waals surface area (Å²) in [7, 11) is 0. The number of imidazole rings is 1. The molecule has 1 aromatic heterocycles. The van der Waals surface area contributed by atoms with E-state index < -0.39 is 11.9 Å². The molecule has 3 N–H and O–H groups in total. The normalized spacial score (nSPS) is 10.8. The van der Waals surface area contributed by atoms with Gasteiger partial charge in [-0.3, -0.25) is 5.32 Å². The number of halogens is 2. The average Bonchev–Trinajstić information content (AvgIpc) is 2.83. The first-order valence-electron chi connectivity index (χ1n) is 6.14. The first kappa shape index (κ1) is 14.7. The molecule has 0 atom stereocenters. The molecule has 0 aliphatic rings. The van der Waals surface area contributed by atoms with Gasteiger partial charge in [-0.1, -0.05) is 23.4 Å². The van der Waals surface area contributed by atoms with Gasteiger partial charge < -0.3 is 10.1 Å². The molecule has 0 spiro atoms. The van der Waals surface area contributed by atoms with E-state index in [1.807, 2.05) is 6.07 Å². The molecular formula is C14H9ClFN3O2S. The number of carbonyl (C=O) groups is 1. The zero-order valence-corrected chi connectivity index (χ0v) is 12.5. The van der Waals surface area contributed by atoms with Crippen molar-refractivity contribution >= 4 is 46.4 Å². The largest absolute Gasteiger partial charge is 0.465 e. The van der Waals surface area contributed by atoms with Gasteiger partial charge in [0.05, 0.1) is 16.1 Å². The first-order chi connectivity index (χ1) is 10.5. The van der Waals surface area contributed by atoms with Gasteiger partial charge in [-0.25, -0.2) is 14.2 Å². The van der Waals surface area contributed by atoms with Gasteiger partial charge in [0.15, 0.2) is 0 Å². The van der Waals surface area contributed by atoms with Crippen LogP contribution in [0.1, 0.15) is 0 Å². The summed E-state index contributed by atoms with van der Waals surface area (Å²) in [5.74, 6) is -0.298. The molecule has 0 saturated heterocycles. The van der Waals surface area contributed by atoms with E-state index in [0.29, 0.717) is 11.0 Å². The smallest absolute Gasteiger partial charge is 0.411 e. The minimum Gasteiger partial charge on any atom is -0.465 e. The maximum Gasteiger partial charge on any atom is 0.411 e. The molecule has 3 aromatic rings. The fourth-order valence-corrected chi connectivity index (χ4v) is 3.02. The summed E-state index contributed by atoms with van der Waals surface area (Å²) in [6.45, 7) is 0. The van der Waals surface area contributed by atoms with Crippen LogP contribution in [0.3, 0.4) is 0 Å². The summed E-state index contributed by atoms with van der Waals surface area (Å²) in [5.41, 5.74) is 1.34. The highest BCUT2D eigenvalue weighted by Gasteiger charge is 2.08. The molecule has 2 aromatic carbocycles. The maximum absolute atomic E-state index is 13.1. The van der Waals surface area contributed by atoms with Crippen LogP contribution in [0.15, 0.2) is 46.2 Å². The first-order valence-corrected chi connectivity index (χ1v) is 7.33. The zero-order valence-electron chi connectivity index (χ0n) is 10.9. The Morgan fingerprint density at radius 3 is 2.73 bits per heavy atom. The van der Waals surface area contributed by atoms with Crippen LogP contribution in [0.2, 0.25) is 5.02 Å². The van der Waals surface area contributed by atoms with Crippen LogP contribution in [0, 0.1) is 5.82 Å². The molecule has 22 heavy (non-hydrogen) atoms. The number of nitrogens with zero attached hydrogens (tertiary/aromatic N) is 1. The van der Waals surface area contributed by atoms with Crippen molar-refractivity contribution in [2.24, 2.45) is 0 Å². The van der Waals surface area contributed by atoms with Crippen LogP contribution >= 0.6 is 23.4 Å². The Balaban J connectivity index is 1.87. The third-order valence-corrected chi connectivity index (χ3v) is 4.08. The lowest BCUT2D eigenvalue weighted by molar-refractivity contribution is 0.209. The minimum absolute atomic E-state index is 0.0683. The van der Waals surface area contributed by atoms with Crippen LogP contribution in [0.25, 0.3) is 11.0 Å². The molecule has 1 amide bonds. The summed E-state index contributed by atoms with van der Waals surface area (Å²) in [6.07, 6.45) is -1.19. The number of H-pyrrole nitrogens is 1. The van der Waals surface area contributed by atoms with E-state index in [9.17, 15) is 9.18 Å². The van der Waals surface area contributed by atoms with Crippen molar-refractivity contribution in [1.82, 2.24) is 9.97 Å². The Kier molecular flexibility index (Phi) is 3.91. The number of amides is 1. The fourth-order valence-electron chi connectivity index (χ4n) is 1.89. The molecule has 0 unspecified atom stereocenters. The monoisotopic (exact) mass is 337 g/mol. The molecule has 0 saturated carbocycles. The average molecular weight is 338 g/mol. The topological polar surface area (TPSA) is 78.0 Å². The number of rotatable bonds is 3. The molecule has 0 fully saturated rings. The van der Waals surface area contributed by atoms with E-state index in [0.717, 1.165) is 9.79 Å². The highest BCUT2D eigenvalue weighted by atomic mass is 35.5. The molecule has 8 heteroatoms. The highest BCUT2D eigenvalue weighted by molar-refractivity contribution is 7.99. The second kappa shape index (κ2) is 5.86. The molecule has 3 rings (SSSR count). The molecule has 0 aliphatic carbocycles. The molecule has 0 aliphatic heterocycles. The van der Waals surface area contributed by atoms with Gasteiger partial charge in [0.2, 0.25) is 5.95 Å². The molecule has 0 radical (unpaired) electrons. The SMILES string of the molecule is O=C(O)Nc1nc2cc(Sc3ccc(F)c(Cl)c3)ccc2[nH]1. The van der Waals surface area contributed by atoms with E-state index in [1.54, 1.807) is 24.3 Å². The second-order valence-corrected chi connectivity index (χ2v) is 5.93. The maximum atomic E-state index is 13.1. The van der Waals surface area contributed by atoms with Crippen molar-refractivity contribution < 1.29 is 14.3 Å². The van der Waals surface area contributed by atoms with Crippen LogP contribution in [0.5, 0.6) is 0 Å². The van der Waals surface area contributed by atoms with Crippen LogP contribution in [-0.4, -0.2) is 21.2 Å². The van der Waals surface area contributed by atoms with Crippen LogP contribution < -0.4 is 5.32 Å². The lowest BCUT2D eigenvalue weighted by Crippen LogP contribution is -2.08. The number of anilines is 1. The number of benzene rings is 2. The third-order valence-electron chi connectivity index (χ3n) is 2.81. The summed E-state index contributed by atoms with van der Waals surface area (Å²) in [5, 5.41) is 10.9. The number of nitrogens with one attached hydrogen (secondary N) is 2. The van der Waals surface area contributed by atoms with E-state index in [2.05, 4.69) is 15.3 Å². The van der Waals surface area contributed by atoms with Gasteiger partial charge in [-0.2, -0.15) is 0 Å². The Morgan fingerprint density at radius 1 is 1.27 bits per heavy atom. The lowest BCUT2D eigenvalue weighted by Gasteiger charge is -2.02. The summed E-state index contributed by atoms with van der Waals surface area (Å²) in [4.78, 5) is 19.3. The zero-order chi connectivity index (χ0) is 15.7. The molecule has 1 heterocycles. The third kappa shape index (κ3) is 3.15. The Bertz CT molecular complexity index is 868. The van der Waals surface area contributed by atoms with E-state index in [1.165, 1.54) is 17.8 Å². The predicted octanol–water partition coefficient (Wildman–Crippen LogP) is 4.60. The van der Waals surface area contributed by atoms with Crippen molar-refractivity contribution in [2.45, 2.75) is 9.79 Å². The summed E-state index contributed by atoms with van der Waals surface area (Å²) < 4.78 is 13.1. The van der Waals surface area contributed by atoms with Gasteiger partial charge in [0, 0.05) is 9.79 Å². The summed E-state index contributed by atoms with van der Waals surface area (Å²) in [6, 6.07) is 9.95. The van der Waals surface area contributed by atoms with Gasteiger partial charge in [0.1, 0.15) is 5.82 Å². The van der Waals surface area contributed by atoms with Crippen molar-refractivity contribution in [1.29, 1.82) is 0 Å². The van der Waals surface area contributed by atoms with Crippen molar-refractivity contribution in [2.75, 3.05) is 5.32 Å². The Morgan fingerprint density at radius 2 is 2.00 bits per heavy atom. The Labute approximate surface area is 133 Å². The molecular weight excluding hydrogens is 329 g/mol. The predicted molar refractivity (Wildman–Crippen MR) is 83.3 cm³/mol. The van der Waals surface area contributed by atoms with E-state index in [4.69, 9.17) is 16.7 Å². The number of fused-ring (bicyclic) bond motifs is 1. The van der Waals surface area contributed by atoms with Crippen molar-refractivity contribution in [3.63, 3.8) is 0 Å². The van der Waals surface area contributed by atoms with Gasteiger partial charge >= 0.3 is 6.09 Å². The molecule has 5 nitrogen and oxygen atoms in total. The van der Waals surface area contributed by atoms with Gasteiger partial charge in [0.25, 0.3) is 0 Å². The van der Waals surface area contributed by atoms with Crippen molar-refractivity contribution in [3.05, 3.63) is 47.2 Å². The van der Waals surface area contributed by atoms with Gasteiger partial charge in [-0.05, 0) is 36.4 Å². The Hall–Kier alpha value is -2.25. The standard InChI is InChI=1S/C14H9ClFN3O2S/c15-9-5-7(1-3-10(9)16)22-8-2-4-11-12(6-8)18-13(17-11)19-14(20)21/h1-6H,(H,20,21)(H2,17,18,19). The number of hydrogen-bond acceptors (Lipinski definition) is 3. The van der Waals surface area contributed by atoms with Crippen molar-refractivity contribution in [3.8, 4) is 0 Å². The van der Waals surface area contributed by atoms with Crippen LogP contribution in [0.4, 0.5) is 15.1 Å². The van der Waals surface area contributed by atoms with E-state index in [-0.39, 0.29) is 11.0 Å². The lowest BCUT2D eigenvalue weighted by atomic mass is 10.3. The molecule has 112 valence electrons. The number of aromatic amines is 1. The highest BCUT2D eigenvalue weighted by Crippen LogP contribution is 2.32. The molecule has 0 bridgehead atoms. The number of carboxylic acid groups (broad SMARTS) is 1. The minimum atomic E-state index is -1.19. The number of aromatic nitrogens is 2.